The van der Waals surface area contributed by atoms with Gasteiger partial charge in [-0.1, -0.05) is 11.6 Å². The van der Waals surface area contributed by atoms with Gasteiger partial charge in [0.2, 0.25) is 5.43 Å². The molecule has 23 heavy (non-hydrogen) atoms. The minimum atomic E-state index is -0.543. The van der Waals surface area contributed by atoms with Crippen LogP contribution in [0.2, 0.25) is 0 Å². The quantitative estimate of drug-likeness (QED) is 0.884. The fraction of sp³-hybridized carbons (Fsp3) is 0.444. The molecule has 5 heteroatoms. The standard InChI is InChI=1S/C18H22N2O3/c1-3-23-18(22)15-11-20(13-5-4-8-19-10-13)16-7-6-12(2)9-14(16)17(15)21/h6-7,9,11,13,19H,3-5,8,10H2,1-2H3. The van der Waals surface area contributed by atoms with Gasteiger partial charge in [-0.2, -0.15) is 0 Å². The zero-order valence-electron chi connectivity index (χ0n) is 13.6. The van der Waals surface area contributed by atoms with Crippen LogP contribution >= 0.6 is 0 Å². The van der Waals surface area contributed by atoms with Gasteiger partial charge in [0.1, 0.15) is 5.56 Å². The monoisotopic (exact) mass is 314 g/mol. The number of nitrogens with zero attached hydrogens (tertiary/aromatic N) is 1. The number of nitrogens with one attached hydrogen (secondary N) is 1. The number of piperidine rings is 1. The number of carbonyl (C=O) groups is 1. The van der Waals surface area contributed by atoms with Gasteiger partial charge in [0.25, 0.3) is 0 Å². The Morgan fingerprint density at radius 2 is 2.26 bits per heavy atom. The molecule has 1 N–H and O–H groups in total. The highest BCUT2D eigenvalue weighted by molar-refractivity contribution is 5.94. The van der Waals surface area contributed by atoms with Crippen LogP contribution < -0.4 is 10.7 Å². The van der Waals surface area contributed by atoms with Crippen LogP contribution in [0, 0.1) is 6.92 Å². The van der Waals surface area contributed by atoms with E-state index in [0.29, 0.717) is 5.39 Å². The smallest absolute Gasteiger partial charge is 0.343 e. The number of ether oxygens (including phenoxy) is 1. The van der Waals surface area contributed by atoms with Crippen molar-refractivity contribution >= 4 is 16.9 Å². The second-order valence-corrected chi connectivity index (χ2v) is 6.02. The van der Waals surface area contributed by atoms with Gasteiger partial charge in [-0.3, -0.25) is 4.79 Å². The van der Waals surface area contributed by atoms with Crippen molar-refractivity contribution in [3.63, 3.8) is 0 Å². The molecule has 3 rings (SSSR count). The Labute approximate surface area is 135 Å². The average molecular weight is 314 g/mol. The first-order chi connectivity index (χ1) is 11.1. The highest BCUT2D eigenvalue weighted by Gasteiger charge is 2.21. The number of aryl methyl sites for hydroxylation is 1. The van der Waals surface area contributed by atoms with Gasteiger partial charge >= 0.3 is 5.97 Å². The number of aromatic nitrogens is 1. The van der Waals surface area contributed by atoms with Crippen LogP contribution in [0.1, 0.15) is 41.7 Å². The minimum Gasteiger partial charge on any atom is -0.462 e. The number of carbonyl (C=O) groups excluding carboxylic acids is 1. The molecule has 0 amide bonds. The second kappa shape index (κ2) is 6.54. The van der Waals surface area contributed by atoms with Crippen molar-refractivity contribution in [3.8, 4) is 0 Å². The van der Waals surface area contributed by atoms with Crippen molar-refractivity contribution < 1.29 is 9.53 Å². The lowest BCUT2D eigenvalue weighted by molar-refractivity contribution is 0.0524. The van der Waals surface area contributed by atoms with Crippen molar-refractivity contribution in [1.29, 1.82) is 0 Å². The van der Waals surface area contributed by atoms with E-state index in [2.05, 4.69) is 9.88 Å². The van der Waals surface area contributed by atoms with Gasteiger partial charge in [-0.15, -0.1) is 0 Å². The van der Waals surface area contributed by atoms with Crippen LogP contribution in [-0.2, 0) is 4.74 Å². The number of rotatable bonds is 3. The molecule has 1 unspecified atom stereocenters. The Morgan fingerprint density at radius 1 is 1.43 bits per heavy atom. The summed E-state index contributed by atoms with van der Waals surface area (Å²) in [6.07, 6.45) is 3.79. The minimum absolute atomic E-state index is 0.121. The Morgan fingerprint density at radius 3 is 2.96 bits per heavy atom. The van der Waals surface area contributed by atoms with E-state index in [9.17, 15) is 9.59 Å². The number of hydrogen-bond donors (Lipinski definition) is 1. The maximum atomic E-state index is 12.7. The molecule has 1 aromatic carbocycles. The van der Waals surface area contributed by atoms with Gasteiger partial charge in [0.15, 0.2) is 0 Å². The Kier molecular flexibility index (Phi) is 4.48. The summed E-state index contributed by atoms with van der Waals surface area (Å²) in [7, 11) is 0. The third-order valence-electron chi connectivity index (χ3n) is 4.35. The van der Waals surface area contributed by atoms with E-state index in [1.165, 1.54) is 0 Å². The molecule has 0 spiro atoms. The summed E-state index contributed by atoms with van der Waals surface area (Å²) in [5.74, 6) is -0.543. The SMILES string of the molecule is CCOC(=O)c1cn(C2CCCNC2)c2ccc(C)cc2c1=O. The summed E-state index contributed by atoms with van der Waals surface area (Å²) in [5, 5.41) is 3.97. The fourth-order valence-corrected chi connectivity index (χ4v) is 3.20. The van der Waals surface area contributed by atoms with Gasteiger partial charge in [0.05, 0.1) is 12.1 Å². The molecular weight excluding hydrogens is 292 g/mol. The van der Waals surface area contributed by atoms with E-state index in [-0.39, 0.29) is 23.6 Å². The van der Waals surface area contributed by atoms with Crippen LogP contribution in [0.25, 0.3) is 10.9 Å². The highest BCUT2D eigenvalue weighted by atomic mass is 16.5. The summed E-state index contributed by atoms with van der Waals surface area (Å²) in [6.45, 7) is 5.80. The topological polar surface area (TPSA) is 60.3 Å². The predicted molar refractivity (Wildman–Crippen MR) is 90.0 cm³/mol. The molecule has 0 aliphatic carbocycles. The molecule has 1 atom stereocenters. The number of pyridine rings is 1. The Balaban J connectivity index is 2.22. The Bertz CT molecular complexity index is 789. The summed E-state index contributed by atoms with van der Waals surface area (Å²) in [5.41, 5.74) is 1.75. The third-order valence-corrected chi connectivity index (χ3v) is 4.35. The van der Waals surface area contributed by atoms with E-state index < -0.39 is 5.97 Å². The summed E-state index contributed by atoms with van der Waals surface area (Å²) < 4.78 is 7.13. The van der Waals surface area contributed by atoms with Crippen molar-refractivity contribution in [2.45, 2.75) is 32.7 Å². The van der Waals surface area contributed by atoms with Crippen molar-refractivity contribution in [3.05, 3.63) is 45.7 Å². The van der Waals surface area contributed by atoms with Crippen LogP contribution in [0.3, 0.4) is 0 Å². The van der Waals surface area contributed by atoms with Gasteiger partial charge in [-0.05, 0) is 45.4 Å². The Hall–Kier alpha value is -2.14. The summed E-state index contributed by atoms with van der Waals surface area (Å²) >= 11 is 0. The molecular formula is C18H22N2O3. The third kappa shape index (κ3) is 3.01. The van der Waals surface area contributed by atoms with Crippen LogP contribution in [0.4, 0.5) is 0 Å². The van der Waals surface area contributed by atoms with Crippen molar-refractivity contribution in [2.24, 2.45) is 0 Å². The van der Waals surface area contributed by atoms with E-state index in [1.54, 1.807) is 13.1 Å². The van der Waals surface area contributed by atoms with Crippen LogP contribution in [0.5, 0.6) is 0 Å². The molecule has 5 nitrogen and oxygen atoms in total. The van der Waals surface area contributed by atoms with Gasteiger partial charge in [0, 0.05) is 24.2 Å². The fourth-order valence-electron chi connectivity index (χ4n) is 3.20. The largest absolute Gasteiger partial charge is 0.462 e. The molecule has 1 fully saturated rings. The first kappa shape index (κ1) is 15.7. The molecule has 1 aromatic heterocycles. The molecule has 0 bridgehead atoms. The van der Waals surface area contributed by atoms with Gasteiger partial charge in [-0.25, -0.2) is 4.79 Å². The zero-order valence-corrected chi connectivity index (χ0v) is 13.6. The lowest BCUT2D eigenvalue weighted by atomic mass is 10.0. The van der Waals surface area contributed by atoms with E-state index in [0.717, 1.165) is 37.0 Å². The lowest BCUT2D eigenvalue weighted by Gasteiger charge is -2.27. The maximum absolute atomic E-state index is 12.7. The number of hydrogen-bond acceptors (Lipinski definition) is 4. The number of fused-ring (bicyclic) bond motifs is 1. The predicted octanol–water partition coefficient (Wildman–Crippen LogP) is 2.41. The van der Waals surface area contributed by atoms with Crippen molar-refractivity contribution in [1.82, 2.24) is 9.88 Å². The molecule has 2 aromatic rings. The lowest BCUT2D eigenvalue weighted by Crippen LogP contribution is -2.33. The molecule has 1 saturated heterocycles. The van der Waals surface area contributed by atoms with E-state index in [4.69, 9.17) is 4.74 Å². The first-order valence-electron chi connectivity index (χ1n) is 8.15. The molecule has 1 aliphatic rings. The molecule has 122 valence electrons. The summed E-state index contributed by atoms with van der Waals surface area (Å²) in [4.78, 5) is 24.9. The average Bonchev–Trinajstić information content (AvgIpc) is 2.56. The summed E-state index contributed by atoms with van der Waals surface area (Å²) in [6, 6.07) is 6.06. The van der Waals surface area contributed by atoms with E-state index >= 15 is 0 Å². The molecule has 1 aliphatic heterocycles. The maximum Gasteiger partial charge on any atom is 0.343 e. The van der Waals surface area contributed by atoms with Crippen LogP contribution in [0.15, 0.2) is 29.2 Å². The number of benzene rings is 1. The van der Waals surface area contributed by atoms with Crippen molar-refractivity contribution in [2.75, 3.05) is 19.7 Å². The second-order valence-electron chi connectivity index (χ2n) is 6.02. The molecule has 2 heterocycles. The van der Waals surface area contributed by atoms with Gasteiger partial charge < -0.3 is 14.6 Å². The molecule has 0 radical (unpaired) electrons. The normalized spacial score (nSPS) is 18.1. The number of esters is 1. The zero-order chi connectivity index (χ0) is 16.4. The molecule has 0 saturated carbocycles. The van der Waals surface area contributed by atoms with Crippen LogP contribution in [-0.4, -0.2) is 30.2 Å². The van der Waals surface area contributed by atoms with E-state index in [1.807, 2.05) is 25.1 Å². The highest BCUT2D eigenvalue weighted by Crippen LogP contribution is 2.23. The first-order valence-corrected chi connectivity index (χ1v) is 8.15.